The molecule has 1 aliphatic rings. The molecule has 1 fully saturated rings. The summed E-state index contributed by atoms with van der Waals surface area (Å²) >= 11 is 0. The maximum absolute atomic E-state index is 12.5. The van der Waals surface area contributed by atoms with Crippen LogP contribution in [-0.2, 0) is 26.1 Å². The van der Waals surface area contributed by atoms with E-state index < -0.39 is 10.0 Å². The Morgan fingerprint density at radius 3 is 2.38 bits per heavy atom. The van der Waals surface area contributed by atoms with Crippen LogP contribution in [-0.4, -0.2) is 44.5 Å². The number of amides is 1. The normalized spacial score (nSPS) is 14.9. The van der Waals surface area contributed by atoms with Gasteiger partial charge >= 0.3 is 0 Å². The zero-order chi connectivity index (χ0) is 20.7. The molecule has 8 heteroatoms. The zero-order valence-electron chi connectivity index (χ0n) is 16.4. The fraction of sp³-hybridized carbons (Fsp3) is 0.333. The zero-order valence-corrected chi connectivity index (χ0v) is 17.2. The number of sulfonamides is 1. The van der Waals surface area contributed by atoms with Crippen LogP contribution in [0.1, 0.15) is 30.9 Å². The Morgan fingerprint density at radius 2 is 1.76 bits per heavy atom. The Morgan fingerprint density at radius 1 is 1.10 bits per heavy atom. The van der Waals surface area contributed by atoms with Gasteiger partial charge in [-0.1, -0.05) is 36.3 Å². The summed E-state index contributed by atoms with van der Waals surface area (Å²) in [7, 11) is -3.46. The highest BCUT2D eigenvalue weighted by Gasteiger charge is 2.26. The number of nitrogens with zero attached hydrogens (tertiary/aromatic N) is 2. The van der Waals surface area contributed by atoms with E-state index >= 15 is 0 Å². The second kappa shape index (κ2) is 9.67. The highest BCUT2D eigenvalue weighted by molar-refractivity contribution is 7.89. The van der Waals surface area contributed by atoms with Gasteiger partial charge in [0.05, 0.1) is 11.1 Å². The summed E-state index contributed by atoms with van der Waals surface area (Å²) in [6.45, 7) is 2.96. The van der Waals surface area contributed by atoms with Gasteiger partial charge in [0, 0.05) is 18.8 Å². The number of oxime groups is 1. The molecule has 0 atom stereocenters. The van der Waals surface area contributed by atoms with Gasteiger partial charge in [0.25, 0.3) is 5.91 Å². The molecule has 7 nitrogen and oxygen atoms in total. The molecule has 154 valence electrons. The van der Waals surface area contributed by atoms with Crippen LogP contribution in [0.2, 0.25) is 0 Å². The van der Waals surface area contributed by atoms with Crippen LogP contribution in [0.15, 0.2) is 58.6 Å². The number of anilines is 1. The summed E-state index contributed by atoms with van der Waals surface area (Å²) in [6, 6.07) is 14.0. The number of aryl methyl sites for hydroxylation is 1. The molecular weight excluding hydrogens is 390 g/mol. The van der Waals surface area contributed by atoms with E-state index in [1.165, 1.54) is 22.0 Å². The Labute approximate surface area is 171 Å². The first-order valence-corrected chi connectivity index (χ1v) is 11.1. The lowest BCUT2D eigenvalue weighted by molar-refractivity contribution is -0.120. The molecule has 1 amide bonds. The second-order valence-electron chi connectivity index (χ2n) is 6.79. The third kappa shape index (κ3) is 5.65. The van der Waals surface area contributed by atoms with Gasteiger partial charge in [0.2, 0.25) is 10.0 Å². The molecule has 0 aliphatic carbocycles. The summed E-state index contributed by atoms with van der Waals surface area (Å²) in [4.78, 5) is 17.2. The number of nitrogens with one attached hydrogen (secondary N) is 1. The highest BCUT2D eigenvalue weighted by atomic mass is 32.2. The molecule has 0 spiro atoms. The van der Waals surface area contributed by atoms with E-state index in [-0.39, 0.29) is 17.4 Å². The lowest BCUT2D eigenvalue weighted by Gasteiger charge is -2.15. The van der Waals surface area contributed by atoms with Crippen LogP contribution in [0, 0.1) is 0 Å². The summed E-state index contributed by atoms with van der Waals surface area (Å²) in [5.41, 5.74) is 2.62. The lowest BCUT2D eigenvalue weighted by Crippen LogP contribution is -2.27. The van der Waals surface area contributed by atoms with Crippen LogP contribution in [0.5, 0.6) is 0 Å². The molecule has 3 rings (SSSR count). The number of hydrogen-bond donors (Lipinski definition) is 1. The van der Waals surface area contributed by atoms with Crippen molar-refractivity contribution in [1.82, 2.24) is 4.31 Å². The van der Waals surface area contributed by atoms with Crippen LogP contribution in [0.4, 0.5) is 5.69 Å². The number of carbonyl (C=O) groups is 1. The minimum absolute atomic E-state index is 0.229. The standard InChI is InChI=1S/C21H25N3O4S/c1-2-17-5-7-18(8-6-17)15-22-28-16-21(25)23-19-9-11-20(12-10-19)29(26,27)24-13-3-4-14-24/h5-12,15H,2-4,13-14,16H2,1H3,(H,23,25)/b22-15-. The molecule has 2 aromatic carbocycles. The van der Waals surface area contributed by atoms with Gasteiger partial charge in [-0.3, -0.25) is 4.79 Å². The molecule has 1 N–H and O–H groups in total. The number of hydrogen-bond acceptors (Lipinski definition) is 5. The largest absolute Gasteiger partial charge is 0.386 e. The first kappa shape index (κ1) is 21.0. The summed E-state index contributed by atoms with van der Waals surface area (Å²) in [5, 5.41) is 6.46. The number of carbonyl (C=O) groups excluding carboxylic acids is 1. The topological polar surface area (TPSA) is 88.1 Å². The Bertz CT molecular complexity index is 948. The summed E-state index contributed by atoms with van der Waals surface area (Å²) < 4.78 is 26.5. The van der Waals surface area contributed by atoms with E-state index in [9.17, 15) is 13.2 Å². The average molecular weight is 416 g/mol. The molecule has 1 heterocycles. The minimum Gasteiger partial charge on any atom is -0.386 e. The molecular formula is C21H25N3O4S. The van der Waals surface area contributed by atoms with Crippen molar-refractivity contribution in [1.29, 1.82) is 0 Å². The molecule has 0 radical (unpaired) electrons. The van der Waals surface area contributed by atoms with Gasteiger partial charge in [0.1, 0.15) is 0 Å². The minimum atomic E-state index is -3.46. The summed E-state index contributed by atoms with van der Waals surface area (Å²) in [5.74, 6) is -0.376. The van der Waals surface area contributed by atoms with Crippen molar-refractivity contribution in [2.24, 2.45) is 5.16 Å². The smallest absolute Gasteiger partial charge is 0.265 e. The maximum atomic E-state index is 12.5. The van der Waals surface area contributed by atoms with Crippen LogP contribution in [0.3, 0.4) is 0 Å². The summed E-state index contributed by atoms with van der Waals surface area (Å²) in [6.07, 6.45) is 4.30. The Balaban J connectivity index is 1.48. The van der Waals surface area contributed by atoms with Crippen molar-refractivity contribution in [3.63, 3.8) is 0 Å². The van der Waals surface area contributed by atoms with Crippen molar-refractivity contribution < 1.29 is 18.0 Å². The molecule has 0 saturated carbocycles. The first-order valence-electron chi connectivity index (χ1n) is 9.63. The fourth-order valence-corrected chi connectivity index (χ4v) is 4.54. The predicted octanol–water partition coefficient (Wildman–Crippen LogP) is 3.02. The molecule has 0 unspecified atom stereocenters. The number of benzene rings is 2. The first-order chi connectivity index (χ1) is 14.0. The SMILES string of the molecule is CCc1ccc(/C=N\OCC(=O)Nc2ccc(S(=O)(=O)N3CCCC3)cc2)cc1. The van der Waals surface area contributed by atoms with Gasteiger partial charge in [-0.15, -0.1) is 0 Å². The quantitative estimate of drug-likeness (QED) is 0.530. The molecule has 29 heavy (non-hydrogen) atoms. The molecule has 1 saturated heterocycles. The van der Waals surface area contributed by atoms with E-state index in [4.69, 9.17) is 4.84 Å². The Kier molecular flexibility index (Phi) is 7.00. The molecule has 0 bridgehead atoms. The fourth-order valence-electron chi connectivity index (χ4n) is 3.02. The van der Waals surface area contributed by atoms with Gasteiger partial charge in [-0.2, -0.15) is 4.31 Å². The highest BCUT2D eigenvalue weighted by Crippen LogP contribution is 2.22. The lowest BCUT2D eigenvalue weighted by atomic mass is 10.1. The van der Waals surface area contributed by atoms with Crippen molar-refractivity contribution in [3.05, 3.63) is 59.7 Å². The van der Waals surface area contributed by atoms with Crippen molar-refractivity contribution >= 4 is 27.8 Å². The van der Waals surface area contributed by atoms with E-state index in [0.717, 1.165) is 24.8 Å². The van der Waals surface area contributed by atoms with E-state index in [1.54, 1.807) is 18.3 Å². The van der Waals surface area contributed by atoms with Crippen molar-refractivity contribution in [2.75, 3.05) is 25.0 Å². The molecule has 1 aliphatic heterocycles. The number of rotatable bonds is 8. The van der Waals surface area contributed by atoms with Crippen molar-refractivity contribution in [3.8, 4) is 0 Å². The van der Waals surface area contributed by atoms with Crippen LogP contribution in [0.25, 0.3) is 0 Å². The van der Waals surface area contributed by atoms with Crippen molar-refractivity contribution in [2.45, 2.75) is 31.1 Å². The van der Waals surface area contributed by atoms with Crippen LogP contribution < -0.4 is 5.32 Å². The van der Waals surface area contributed by atoms with Gasteiger partial charge < -0.3 is 10.2 Å². The van der Waals surface area contributed by atoms with Crippen LogP contribution >= 0.6 is 0 Å². The predicted molar refractivity (Wildman–Crippen MR) is 112 cm³/mol. The third-order valence-electron chi connectivity index (χ3n) is 4.70. The van der Waals surface area contributed by atoms with E-state index in [1.807, 2.05) is 24.3 Å². The second-order valence-corrected chi connectivity index (χ2v) is 8.72. The monoisotopic (exact) mass is 415 g/mol. The molecule has 0 aromatic heterocycles. The van der Waals surface area contributed by atoms with E-state index in [0.29, 0.717) is 18.8 Å². The Hall–Kier alpha value is -2.71. The third-order valence-corrected chi connectivity index (χ3v) is 6.61. The molecule has 2 aromatic rings. The van der Waals surface area contributed by atoms with Gasteiger partial charge in [-0.25, -0.2) is 8.42 Å². The maximum Gasteiger partial charge on any atom is 0.265 e. The van der Waals surface area contributed by atoms with E-state index in [2.05, 4.69) is 17.4 Å². The van der Waals surface area contributed by atoms with Gasteiger partial charge in [-0.05, 0) is 54.7 Å². The average Bonchev–Trinajstić information content (AvgIpc) is 3.28. The van der Waals surface area contributed by atoms with Gasteiger partial charge in [0.15, 0.2) is 6.61 Å².